The standard InChI is InChI=1S/C20H31N3O2/c1-16-6-5-7-18(14-16)22-19(24)21-17-8-12-23(13-9-17)15-20(25)10-3-2-4-11-20/h5-7,14,17,25H,2-4,8-13,15H2,1H3,(H2,21,22,24). The van der Waals surface area contributed by atoms with Gasteiger partial charge in [-0.1, -0.05) is 31.4 Å². The van der Waals surface area contributed by atoms with Crippen LogP contribution in [-0.4, -0.2) is 47.3 Å². The minimum atomic E-state index is -0.485. The van der Waals surface area contributed by atoms with Gasteiger partial charge in [-0.3, -0.25) is 0 Å². The third kappa shape index (κ3) is 5.44. The zero-order valence-corrected chi connectivity index (χ0v) is 15.3. The molecule has 1 aliphatic heterocycles. The smallest absolute Gasteiger partial charge is 0.319 e. The van der Waals surface area contributed by atoms with E-state index in [1.165, 1.54) is 6.42 Å². The van der Waals surface area contributed by atoms with Gasteiger partial charge in [0.05, 0.1) is 5.60 Å². The predicted octanol–water partition coefficient (Wildman–Crippen LogP) is 3.28. The Balaban J connectivity index is 1.40. The summed E-state index contributed by atoms with van der Waals surface area (Å²) in [5.41, 5.74) is 1.47. The first kappa shape index (κ1) is 18.2. The number of rotatable bonds is 4. The van der Waals surface area contributed by atoms with Gasteiger partial charge in [-0.2, -0.15) is 0 Å². The molecule has 0 spiro atoms. The van der Waals surface area contributed by atoms with E-state index in [0.29, 0.717) is 0 Å². The molecule has 2 fully saturated rings. The van der Waals surface area contributed by atoms with Gasteiger partial charge in [-0.15, -0.1) is 0 Å². The zero-order chi connectivity index (χ0) is 17.7. The van der Waals surface area contributed by atoms with Crippen LogP contribution in [0.2, 0.25) is 0 Å². The van der Waals surface area contributed by atoms with Crippen molar-refractivity contribution in [1.29, 1.82) is 0 Å². The van der Waals surface area contributed by atoms with E-state index in [4.69, 9.17) is 0 Å². The van der Waals surface area contributed by atoms with Gasteiger partial charge in [-0.05, 0) is 50.3 Å². The number of carbonyl (C=O) groups excluding carboxylic acids is 1. The molecule has 1 saturated carbocycles. The molecule has 1 saturated heterocycles. The number of amides is 2. The second-order valence-electron chi connectivity index (χ2n) is 7.80. The lowest BCUT2D eigenvalue weighted by atomic mass is 9.84. The summed E-state index contributed by atoms with van der Waals surface area (Å²) < 4.78 is 0. The number of aryl methyl sites for hydroxylation is 1. The summed E-state index contributed by atoms with van der Waals surface area (Å²) in [5.74, 6) is 0. The Hall–Kier alpha value is -1.59. The van der Waals surface area contributed by atoms with Crippen molar-refractivity contribution in [2.24, 2.45) is 0 Å². The second kappa shape index (κ2) is 8.19. The van der Waals surface area contributed by atoms with Crippen LogP contribution in [0.15, 0.2) is 24.3 Å². The van der Waals surface area contributed by atoms with Crippen molar-refractivity contribution in [2.75, 3.05) is 25.0 Å². The molecule has 0 unspecified atom stereocenters. The van der Waals surface area contributed by atoms with Crippen molar-refractivity contribution in [3.05, 3.63) is 29.8 Å². The minimum Gasteiger partial charge on any atom is -0.389 e. The number of benzene rings is 1. The highest BCUT2D eigenvalue weighted by atomic mass is 16.3. The molecule has 2 amide bonds. The highest BCUT2D eigenvalue weighted by molar-refractivity contribution is 5.89. The highest BCUT2D eigenvalue weighted by Crippen LogP contribution is 2.29. The van der Waals surface area contributed by atoms with Crippen molar-refractivity contribution in [1.82, 2.24) is 10.2 Å². The lowest BCUT2D eigenvalue weighted by Gasteiger charge is -2.40. The van der Waals surface area contributed by atoms with E-state index < -0.39 is 5.60 Å². The molecule has 2 aliphatic rings. The molecule has 3 N–H and O–H groups in total. The molecule has 0 aromatic heterocycles. The summed E-state index contributed by atoms with van der Waals surface area (Å²) in [4.78, 5) is 14.5. The number of aliphatic hydroxyl groups is 1. The fourth-order valence-corrected chi connectivity index (χ4v) is 4.10. The van der Waals surface area contributed by atoms with Gasteiger partial charge in [-0.25, -0.2) is 4.79 Å². The molecule has 138 valence electrons. The average Bonchev–Trinajstić information content (AvgIpc) is 2.57. The number of β-amino-alcohol motifs (C(OH)–C–C–N with tert-alkyl or cyclic N) is 1. The number of nitrogens with one attached hydrogen (secondary N) is 2. The summed E-state index contributed by atoms with van der Waals surface area (Å²) in [7, 11) is 0. The molecular formula is C20H31N3O2. The topological polar surface area (TPSA) is 64.6 Å². The number of piperidine rings is 1. The SMILES string of the molecule is Cc1cccc(NC(=O)NC2CCN(CC3(O)CCCCC3)CC2)c1. The molecule has 3 rings (SSSR count). The maximum Gasteiger partial charge on any atom is 0.319 e. The maximum absolute atomic E-state index is 12.2. The van der Waals surface area contributed by atoms with E-state index in [0.717, 1.165) is 69.4 Å². The normalized spacial score (nSPS) is 21.7. The molecular weight excluding hydrogens is 314 g/mol. The number of hydrogen-bond acceptors (Lipinski definition) is 3. The van der Waals surface area contributed by atoms with Gasteiger partial charge >= 0.3 is 6.03 Å². The number of hydrogen-bond donors (Lipinski definition) is 3. The fourth-order valence-electron chi connectivity index (χ4n) is 4.10. The zero-order valence-electron chi connectivity index (χ0n) is 15.3. The van der Waals surface area contributed by atoms with Crippen molar-refractivity contribution in [3.8, 4) is 0 Å². The van der Waals surface area contributed by atoms with Gasteiger partial charge in [0.1, 0.15) is 0 Å². The largest absolute Gasteiger partial charge is 0.389 e. The summed E-state index contributed by atoms with van der Waals surface area (Å²) in [6.07, 6.45) is 7.30. The Kier molecular flexibility index (Phi) is 5.97. The van der Waals surface area contributed by atoms with Crippen LogP contribution < -0.4 is 10.6 Å². The van der Waals surface area contributed by atoms with Gasteiger partial charge in [0, 0.05) is 31.4 Å². The van der Waals surface area contributed by atoms with E-state index >= 15 is 0 Å². The first-order chi connectivity index (χ1) is 12.0. The maximum atomic E-state index is 12.2. The molecule has 1 aromatic carbocycles. The third-order valence-corrected chi connectivity index (χ3v) is 5.50. The van der Waals surface area contributed by atoms with Crippen LogP contribution in [0.5, 0.6) is 0 Å². The molecule has 1 aliphatic carbocycles. The van der Waals surface area contributed by atoms with Crippen LogP contribution >= 0.6 is 0 Å². The van der Waals surface area contributed by atoms with E-state index in [9.17, 15) is 9.90 Å². The molecule has 5 heteroatoms. The van der Waals surface area contributed by atoms with Crippen LogP contribution in [0.4, 0.5) is 10.5 Å². The van der Waals surface area contributed by atoms with Crippen LogP contribution in [0, 0.1) is 6.92 Å². The molecule has 25 heavy (non-hydrogen) atoms. The third-order valence-electron chi connectivity index (χ3n) is 5.50. The van der Waals surface area contributed by atoms with Crippen LogP contribution in [0.3, 0.4) is 0 Å². The fraction of sp³-hybridized carbons (Fsp3) is 0.650. The van der Waals surface area contributed by atoms with Crippen molar-refractivity contribution in [3.63, 3.8) is 0 Å². The molecule has 0 atom stereocenters. The van der Waals surface area contributed by atoms with Crippen molar-refractivity contribution in [2.45, 2.75) is 63.5 Å². The van der Waals surface area contributed by atoms with E-state index in [2.05, 4.69) is 15.5 Å². The van der Waals surface area contributed by atoms with Gasteiger partial charge in [0.15, 0.2) is 0 Å². The number of likely N-dealkylation sites (tertiary alicyclic amines) is 1. The van der Waals surface area contributed by atoms with Gasteiger partial charge < -0.3 is 20.6 Å². The van der Waals surface area contributed by atoms with Crippen molar-refractivity contribution < 1.29 is 9.90 Å². The summed E-state index contributed by atoms with van der Waals surface area (Å²) in [6.45, 7) is 4.68. The summed E-state index contributed by atoms with van der Waals surface area (Å²) >= 11 is 0. The van der Waals surface area contributed by atoms with E-state index in [1.807, 2.05) is 31.2 Å². The van der Waals surface area contributed by atoms with Gasteiger partial charge in [0.2, 0.25) is 0 Å². The summed E-state index contributed by atoms with van der Waals surface area (Å²) in [5, 5.41) is 16.7. The van der Waals surface area contributed by atoms with Crippen LogP contribution in [0.25, 0.3) is 0 Å². The van der Waals surface area contributed by atoms with E-state index in [1.54, 1.807) is 0 Å². The highest BCUT2D eigenvalue weighted by Gasteiger charge is 2.32. The molecule has 0 radical (unpaired) electrons. The first-order valence-corrected chi connectivity index (χ1v) is 9.61. The average molecular weight is 345 g/mol. The monoisotopic (exact) mass is 345 g/mol. The molecule has 1 heterocycles. The first-order valence-electron chi connectivity index (χ1n) is 9.61. The quantitative estimate of drug-likeness (QED) is 0.785. The van der Waals surface area contributed by atoms with E-state index in [-0.39, 0.29) is 12.1 Å². The Morgan fingerprint density at radius 2 is 1.96 bits per heavy atom. The molecule has 0 bridgehead atoms. The predicted molar refractivity (Wildman–Crippen MR) is 101 cm³/mol. The number of carbonyl (C=O) groups is 1. The van der Waals surface area contributed by atoms with Crippen molar-refractivity contribution >= 4 is 11.7 Å². The van der Waals surface area contributed by atoms with Crippen LogP contribution in [-0.2, 0) is 0 Å². The van der Waals surface area contributed by atoms with Crippen LogP contribution in [0.1, 0.15) is 50.5 Å². The molecule has 1 aromatic rings. The Morgan fingerprint density at radius 3 is 2.64 bits per heavy atom. The lowest BCUT2D eigenvalue weighted by molar-refractivity contribution is -0.0310. The Morgan fingerprint density at radius 1 is 1.24 bits per heavy atom. The molecule has 5 nitrogen and oxygen atoms in total. The number of anilines is 1. The number of nitrogens with zero attached hydrogens (tertiary/aromatic N) is 1. The lowest BCUT2D eigenvalue weighted by Crippen LogP contribution is -2.50. The second-order valence-corrected chi connectivity index (χ2v) is 7.80. The van der Waals surface area contributed by atoms with Gasteiger partial charge in [0.25, 0.3) is 0 Å². The Labute approximate surface area is 150 Å². The summed E-state index contributed by atoms with van der Waals surface area (Å²) in [6, 6.07) is 7.91. The Bertz CT molecular complexity index is 576. The number of urea groups is 1. The minimum absolute atomic E-state index is 0.130.